The van der Waals surface area contributed by atoms with Crippen LogP contribution in [0, 0.1) is 5.92 Å². The minimum atomic E-state index is -0.446. The summed E-state index contributed by atoms with van der Waals surface area (Å²) in [5, 5.41) is 4.95. The predicted molar refractivity (Wildman–Crippen MR) is 97.2 cm³/mol. The summed E-state index contributed by atoms with van der Waals surface area (Å²) in [6, 6.07) is 9.45. The maximum Gasteiger partial charge on any atom is 0.321 e. The lowest BCUT2D eigenvalue weighted by Gasteiger charge is -2.23. The number of carbonyl (C=O) groups is 2. The number of hydrogen-bond acceptors (Lipinski definition) is 4. The highest BCUT2D eigenvalue weighted by Gasteiger charge is 2.37. The number of hydrogen-bond donors (Lipinski definition) is 3. The quantitative estimate of drug-likeness (QED) is 0.744. The molecule has 1 fully saturated rings. The van der Waals surface area contributed by atoms with E-state index in [1.165, 1.54) is 5.56 Å². The van der Waals surface area contributed by atoms with Crippen LogP contribution in [0.25, 0.3) is 0 Å². The molecule has 7 heteroatoms. The van der Waals surface area contributed by atoms with Crippen molar-refractivity contribution in [1.82, 2.24) is 15.5 Å². The molecule has 0 saturated carbocycles. The molecule has 0 aliphatic carbocycles. The Balaban J connectivity index is 0.00000288. The van der Waals surface area contributed by atoms with Crippen LogP contribution >= 0.6 is 12.4 Å². The number of nitrogens with two attached hydrogens (primary N) is 1. The van der Waals surface area contributed by atoms with Gasteiger partial charge in [-0.3, -0.25) is 15.0 Å². The van der Waals surface area contributed by atoms with Gasteiger partial charge in [0.25, 0.3) is 0 Å². The average molecular weight is 355 g/mol. The average Bonchev–Trinajstić information content (AvgIpc) is 2.99. The molecule has 2 rings (SSSR count). The van der Waals surface area contributed by atoms with E-state index in [4.69, 9.17) is 5.73 Å². The Bertz CT molecular complexity index is 541. The smallest absolute Gasteiger partial charge is 0.321 e. The number of amides is 3. The number of halogens is 1. The Morgan fingerprint density at radius 2 is 1.96 bits per heavy atom. The third kappa shape index (κ3) is 4.93. The molecule has 3 amide bonds. The lowest BCUT2D eigenvalue weighted by Crippen LogP contribution is -2.49. The number of carbonyl (C=O) groups excluding carboxylic acids is 2. The van der Waals surface area contributed by atoms with E-state index in [0.29, 0.717) is 24.9 Å². The van der Waals surface area contributed by atoms with Crippen LogP contribution in [0.4, 0.5) is 4.79 Å². The fourth-order valence-corrected chi connectivity index (χ4v) is 3.12. The zero-order valence-electron chi connectivity index (χ0n) is 14.2. The topological polar surface area (TPSA) is 87.5 Å². The summed E-state index contributed by atoms with van der Waals surface area (Å²) in [5.41, 5.74) is 7.18. The summed E-state index contributed by atoms with van der Waals surface area (Å²) in [6.07, 6.45) is 0. The highest BCUT2D eigenvalue weighted by molar-refractivity contribution is 5.96. The number of nitrogens with zero attached hydrogens (tertiary/aromatic N) is 1. The molecule has 24 heavy (non-hydrogen) atoms. The molecule has 1 aromatic rings. The van der Waals surface area contributed by atoms with Crippen molar-refractivity contribution in [3.8, 4) is 0 Å². The lowest BCUT2D eigenvalue weighted by atomic mass is 9.89. The van der Waals surface area contributed by atoms with Gasteiger partial charge in [0.05, 0.1) is 6.04 Å². The minimum Gasteiger partial charge on any atom is -0.338 e. The SMILES string of the molecule is CCNC(=O)NC(=O)C(C)N1C[C@@H](CN)[C@H](c2ccccc2)C1.Cl. The number of rotatable bonds is 5. The third-order valence-electron chi connectivity index (χ3n) is 4.50. The Labute approximate surface area is 149 Å². The second kappa shape index (κ2) is 9.61. The molecule has 1 heterocycles. The zero-order valence-corrected chi connectivity index (χ0v) is 15.0. The largest absolute Gasteiger partial charge is 0.338 e. The highest BCUT2D eigenvalue weighted by Crippen LogP contribution is 2.32. The van der Waals surface area contributed by atoms with Crippen molar-refractivity contribution in [2.75, 3.05) is 26.2 Å². The van der Waals surface area contributed by atoms with Gasteiger partial charge in [0.1, 0.15) is 0 Å². The molecule has 1 saturated heterocycles. The first kappa shape index (κ1) is 20.4. The normalized spacial score (nSPS) is 21.6. The molecule has 0 bridgehead atoms. The van der Waals surface area contributed by atoms with Crippen LogP contribution in [0.1, 0.15) is 25.3 Å². The van der Waals surface area contributed by atoms with Gasteiger partial charge in [0.2, 0.25) is 5.91 Å². The molecule has 6 nitrogen and oxygen atoms in total. The maximum atomic E-state index is 12.2. The van der Waals surface area contributed by atoms with Crippen molar-refractivity contribution in [1.29, 1.82) is 0 Å². The van der Waals surface area contributed by atoms with E-state index in [9.17, 15) is 9.59 Å². The summed E-state index contributed by atoms with van der Waals surface area (Å²) >= 11 is 0. The first-order chi connectivity index (χ1) is 11.1. The molecule has 134 valence electrons. The van der Waals surface area contributed by atoms with E-state index in [1.54, 1.807) is 0 Å². The van der Waals surface area contributed by atoms with Crippen molar-refractivity contribution < 1.29 is 9.59 Å². The summed E-state index contributed by atoms with van der Waals surface area (Å²) < 4.78 is 0. The lowest BCUT2D eigenvalue weighted by molar-refractivity contribution is -0.124. The minimum absolute atomic E-state index is 0. The number of imide groups is 1. The number of likely N-dealkylation sites (tertiary alicyclic amines) is 1. The van der Waals surface area contributed by atoms with E-state index in [-0.39, 0.29) is 24.4 Å². The van der Waals surface area contributed by atoms with Gasteiger partial charge in [-0.25, -0.2) is 4.79 Å². The van der Waals surface area contributed by atoms with Crippen LogP contribution in [-0.4, -0.2) is 49.1 Å². The van der Waals surface area contributed by atoms with Gasteiger partial charge >= 0.3 is 6.03 Å². The van der Waals surface area contributed by atoms with Gasteiger partial charge < -0.3 is 11.1 Å². The molecule has 1 aliphatic rings. The molecule has 0 radical (unpaired) electrons. The van der Waals surface area contributed by atoms with E-state index < -0.39 is 6.03 Å². The van der Waals surface area contributed by atoms with Gasteiger partial charge in [0, 0.05) is 25.6 Å². The van der Waals surface area contributed by atoms with E-state index >= 15 is 0 Å². The monoisotopic (exact) mass is 354 g/mol. The van der Waals surface area contributed by atoms with E-state index in [0.717, 1.165) is 13.1 Å². The summed E-state index contributed by atoms with van der Waals surface area (Å²) in [6.45, 7) is 6.25. The van der Waals surface area contributed by atoms with Gasteiger partial charge in [-0.15, -0.1) is 12.4 Å². The highest BCUT2D eigenvalue weighted by atomic mass is 35.5. The molecule has 1 aliphatic heterocycles. The first-order valence-electron chi connectivity index (χ1n) is 8.14. The predicted octanol–water partition coefficient (Wildman–Crippen LogP) is 1.32. The molecule has 0 spiro atoms. The first-order valence-corrected chi connectivity index (χ1v) is 8.14. The van der Waals surface area contributed by atoms with E-state index in [2.05, 4.69) is 27.7 Å². The molecule has 1 unspecified atom stereocenters. The fraction of sp³-hybridized carbons (Fsp3) is 0.529. The van der Waals surface area contributed by atoms with Crippen LogP contribution in [0.3, 0.4) is 0 Å². The number of nitrogens with one attached hydrogen (secondary N) is 2. The Morgan fingerprint density at radius 3 is 2.54 bits per heavy atom. The second-order valence-electron chi connectivity index (χ2n) is 5.99. The summed E-state index contributed by atoms with van der Waals surface area (Å²) in [7, 11) is 0. The Hall–Kier alpha value is -1.63. The molecular formula is C17H27ClN4O2. The van der Waals surface area contributed by atoms with Crippen molar-refractivity contribution >= 4 is 24.3 Å². The van der Waals surface area contributed by atoms with Crippen LogP contribution in [0.15, 0.2) is 30.3 Å². The van der Waals surface area contributed by atoms with Gasteiger partial charge in [-0.05, 0) is 31.9 Å². The van der Waals surface area contributed by atoms with Crippen molar-refractivity contribution in [2.45, 2.75) is 25.8 Å². The Kier molecular flexibility index (Phi) is 8.18. The molecule has 0 aromatic heterocycles. The number of benzene rings is 1. The second-order valence-corrected chi connectivity index (χ2v) is 5.99. The van der Waals surface area contributed by atoms with Gasteiger partial charge in [0.15, 0.2) is 0 Å². The molecule has 3 atom stereocenters. The molecule has 1 aromatic carbocycles. The molecular weight excluding hydrogens is 328 g/mol. The number of urea groups is 1. The van der Waals surface area contributed by atoms with Crippen LogP contribution in [0.2, 0.25) is 0 Å². The van der Waals surface area contributed by atoms with Crippen LogP contribution < -0.4 is 16.4 Å². The standard InChI is InChI=1S/C17H26N4O2.ClH/c1-3-19-17(23)20-16(22)12(2)21-10-14(9-18)15(11-21)13-7-5-4-6-8-13;/h4-8,12,14-15H,3,9-11,18H2,1-2H3,(H2,19,20,22,23);1H/t12?,14-,15+;/m1./s1. The zero-order chi connectivity index (χ0) is 16.8. The molecule has 4 N–H and O–H groups in total. The van der Waals surface area contributed by atoms with Gasteiger partial charge in [-0.2, -0.15) is 0 Å². The third-order valence-corrected chi connectivity index (χ3v) is 4.50. The van der Waals surface area contributed by atoms with Crippen molar-refractivity contribution in [3.05, 3.63) is 35.9 Å². The maximum absolute atomic E-state index is 12.2. The summed E-state index contributed by atoms with van der Waals surface area (Å²) in [4.78, 5) is 25.8. The van der Waals surface area contributed by atoms with Gasteiger partial charge in [-0.1, -0.05) is 30.3 Å². The van der Waals surface area contributed by atoms with Crippen molar-refractivity contribution in [3.63, 3.8) is 0 Å². The fourth-order valence-electron chi connectivity index (χ4n) is 3.12. The Morgan fingerprint density at radius 1 is 1.29 bits per heavy atom. The summed E-state index contributed by atoms with van der Waals surface area (Å²) in [5.74, 6) is 0.360. The van der Waals surface area contributed by atoms with Crippen molar-refractivity contribution in [2.24, 2.45) is 11.7 Å². The van der Waals surface area contributed by atoms with Crippen LogP contribution in [-0.2, 0) is 4.79 Å². The van der Waals surface area contributed by atoms with E-state index in [1.807, 2.05) is 32.0 Å². The van der Waals surface area contributed by atoms with Crippen LogP contribution in [0.5, 0.6) is 0 Å².